The molecule has 3 N–H and O–H groups in total. The fraction of sp³-hybridized carbons (Fsp3) is 0.118. The number of carbonyl (C=O) groups is 1. The van der Waals surface area contributed by atoms with Crippen molar-refractivity contribution in [1.29, 1.82) is 0 Å². The number of amides is 1. The number of aromatic amines is 1. The lowest BCUT2D eigenvalue weighted by molar-refractivity contribution is 0.0997. The van der Waals surface area contributed by atoms with Crippen LogP contribution in [0.4, 0.5) is 0 Å². The van der Waals surface area contributed by atoms with Gasteiger partial charge in [-0.2, -0.15) is 0 Å². The first-order chi connectivity index (χ1) is 11.5. The van der Waals surface area contributed by atoms with Gasteiger partial charge in [-0.3, -0.25) is 4.79 Å². The second-order valence-corrected chi connectivity index (χ2v) is 7.78. The molecule has 0 saturated carbocycles. The van der Waals surface area contributed by atoms with Gasteiger partial charge in [0.25, 0.3) is 5.91 Å². The molecule has 0 fully saturated rings. The highest BCUT2D eigenvalue weighted by molar-refractivity contribution is 7.69. The Bertz CT molecular complexity index is 911. The summed E-state index contributed by atoms with van der Waals surface area (Å²) in [6.45, 7) is 2.40. The van der Waals surface area contributed by atoms with Crippen molar-refractivity contribution in [1.82, 2.24) is 4.98 Å². The van der Waals surface area contributed by atoms with Crippen LogP contribution in [0, 0.1) is 0 Å². The van der Waals surface area contributed by atoms with Crippen LogP contribution in [0.5, 0.6) is 0 Å². The van der Waals surface area contributed by atoms with Gasteiger partial charge in [-0.1, -0.05) is 35.3 Å². The first-order valence-corrected chi connectivity index (χ1v) is 9.32. The van der Waals surface area contributed by atoms with Gasteiger partial charge in [-0.15, -0.1) is 0 Å². The highest BCUT2D eigenvalue weighted by Gasteiger charge is 2.26. The van der Waals surface area contributed by atoms with Crippen LogP contribution in [0.1, 0.15) is 17.4 Å². The molecule has 0 bridgehead atoms. The van der Waals surface area contributed by atoms with Crippen molar-refractivity contribution in [2.75, 3.05) is 6.61 Å². The van der Waals surface area contributed by atoms with Crippen LogP contribution < -0.4 is 16.3 Å². The Morgan fingerprint density at radius 2 is 1.96 bits per heavy atom. The predicted octanol–water partition coefficient (Wildman–Crippen LogP) is 3.96. The summed E-state index contributed by atoms with van der Waals surface area (Å²) in [4.78, 5) is 15.1. The standard InChI is InChI=1S/C17H15Cl2N2O2P/c1-2-23-24(12-5-3-4-10(18)8-12)16-13-9-11(19)6-7-14(13)21-15(16)17(20)22/h3-9,21H,2H2,1H3,(H2,20,22). The second kappa shape index (κ2) is 7.12. The number of primary amides is 1. The van der Waals surface area contributed by atoms with Crippen molar-refractivity contribution in [3.8, 4) is 0 Å². The molecule has 3 rings (SSSR count). The number of halogens is 2. The summed E-state index contributed by atoms with van der Waals surface area (Å²) in [5, 5.41) is 3.66. The van der Waals surface area contributed by atoms with E-state index in [1.54, 1.807) is 12.1 Å². The molecular weight excluding hydrogens is 366 g/mol. The fourth-order valence-corrected chi connectivity index (χ4v) is 5.02. The lowest BCUT2D eigenvalue weighted by Crippen LogP contribution is -2.23. The molecule has 1 unspecified atom stereocenters. The first-order valence-electron chi connectivity index (χ1n) is 7.31. The molecule has 1 atom stereocenters. The van der Waals surface area contributed by atoms with Gasteiger partial charge in [0, 0.05) is 38.2 Å². The number of carbonyl (C=O) groups excluding carboxylic acids is 1. The minimum atomic E-state index is -1.27. The minimum absolute atomic E-state index is 0.340. The van der Waals surface area contributed by atoms with Gasteiger partial charge in [-0.25, -0.2) is 0 Å². The summed E-state index contributed by atoms with van der Waals surface area (Å²) >= 11 is 12.3. The Balaban J connectivity index is 2.28. The summed E-state index contributed by atoms with van der Waals surface area (Å²) in [7, 11) is -1.27. The van der Waals surface area contributed by atoms with E-state index in [1.807, 2.05) is 37.3 Å². The number of aromatic nitrogens is 1. The van der Waals surface area contributed by atoms with Gasteiger partial charge < -0.3 is 15.2 Å². The predicted molar refractivity (Wildman–Crippen MR) is 101 cm³/mol. The molecule has 2 aromatic carbocycles. The third kappa shape index (κ3) is 3.28. The molecular formula is C17H15Cl2N2O2P. The fourth-order valence-electron chi connectivity index (χ4n) is 2.54. The molecule has 0 radical (unpaired) electrons. The summed E-state index contributed by atoms with van der Waals surface area (Å²) in [5.41, 5.74) is 6.71. The average molecular weight is 381 g/mol. The molecule has 0 aliphatic rings. The summed E-state index contributed by atoms with van der Waals surface area (Å²) in [5.74, 6) is -0.536. The van der Waals surface area contributed by atoms with E-state index in [9.17, 15) is 4.79 Å². The maximum Gasteiger partial charge on any atom is 0.265 e. The molecule has 0 aliphatic carbocycles. The topological polar surface area (TPSA) is 68.1 Å². The highest BCUT2D eigenvalue weighted by Crippen LogP contribution is 2.40. The summed E-state index contributed by atoms with van der Waals surface area (Å²) in [6, 6.07) is 12.8. The molecule has 24 heavy (non-hydrogen) atoms. The third-order valence-electron chi connectivity index (χ3n) is 3.48. The number of H-pyrrole nitrogens is 1. The molecule has 1 heterocycles. The average Bonchev–Trinajstić information content (AvgIpc) is 2.91. The molecule has 3 aromatic rings. The monoisotopic (exact) mass is 380 g/mol. The lowest BCUT2D eigenvalue weighted by Gasteiger charge is -2.18. The normalized spacial score (nSPS) is 12.5. The van der Waals surface area contributed by atoms with Crippen molar-refractivity contribution in [3.63, 3.8) is 0 Å². The van der Waals surface area contributed by atoms with Gasteiger partial charge in [0.05, 0.1) is 8.15 Å². The van der Waals surface area contributed by atoms with Crippen molar-refractivity contribution in [2.45, 2.75) is 6.92 Å². The summed E-state index contributed by atoms with van der Waals surface area (Å²) < 4.78 is 6.00. The van der Waals surface area contributed by atoms with Crippen molar-refractivity contribution in [2.24, 2.45) is 5.73 Å². The molecule has 1 amide bonds. The maximum atomic E-state index is 12.0. The quantitative estimate of drug-likeness (QED) is 0.657. The van der Waals surface area contributed by atoms with Gasteiger partial charge in [0.1, 0.15) is 5.69 Å². The van der Waals surface area contributed by atoms with Crippen molar-refractivity contribution >= 4 is 58.8 Å². The Morgan fingerprint density at radius 3 is 2.62 bits per heavy atom. The van der Waals surface area contributed by atoms with Crippen LogP contribution in [-0.4, -0.2) is 17.5 Å². The van der Waals surface area contributed by atoms with Gasteiger partial charge in [-0.05, 0) is 37.3 Å². The zero-order valence-corrected chi connectivity index (χ0v) is 15.3. The van der Waals surface area contributed by atoms with Crippen LogP contribution >= 0.6 is 31.4 Å². The molecule has 4 nitrogen and oxygen atoms in total. The van der Waals surface area contributed by atoms with Gasteiger partial charge in [0.2, 0.25) is 0 Å². The second-order valence-electron chi connectivity index (χ2n) is 5.09. The first kappa shape index (κ1) is 17.2. The van der Waals surface area contributed by atoms with Crippen LogP contribution in [0.15, 0.2) is 42.5 Å². The number of hydrogen-bond donors (Lipinski definition) is 2. The van der Waals surface area contributed by atoms with E-state index in [0.29, 0.717) is 22.3 Å². The van der Waals surface area contributed by atoms with Crippen LogP contribution in [0.25, 0.3) is 10.9 Å². The van der Waals surface area contributed by atoms with Gasteiger partial charge >= 0.3 is 0 Å². The number of rotatable bonds is 5. The molecule has 124 valence electrons. The lowest BCUT2D eigenvalue weighted by atomic mass is 10.2. The summed E-state index contributed by atoms with van der Waals surface area (Å²) in [6.07, 6.45) is 0. The van der Waals surface area contributed by atoms with Crippen molar-refractivity contribution < 1.29 is 9.32 Å². The Kier molecular flexibility index (Phi) is 5.12. The number of nitrogens with one attached hydrogen (secondary N) is 1. The molecule has 0 aliphatic heterocycles. The van der Waals surface area contributed by atoms with Crippen molar-refractivity contribution in [3.05, 3.63) is 58.2 Å². The molecule has 1 aromatic heterocycles. The Morgan fingerprint density at radius 1 is 1.21 bits per heavy atom. The smallest absolute Gasteiger partial charge is 0.265 e. The van der Waals surface area contributed by atoms with Crippen LogP contribution in [-0.2, 0) is 4.52 Å². The van der Waals surface area contributed by atoms with E-state index in [2.05, 4.69) is 4.98 Å². The Labute approximate surface area is 150 Å². The number of benzene rings is 2. The zero-order valence-electron chi connectivity index (χ0n) is 12.8. The largest absolute Gasteiger partial charge is 0.364 e. The zero-order chi connectivity index (χ0) is 17.3. The highest BCUT2D eigenvalue weighted by atomic mass is 35.5. The van der Waals surface area contributed by atoms with E-state index in [-0.39, 0.29) is 0 Å². The molecule has 0 spiro atoms. The van der Waals surface area contributed by atoms with Crippen LogP contribution in [0.3, 0.4) is 0 Å². The maximum absolute atomic E-state index is 12.0. The van der Waals surface area contributed by atoms with E-state index in [0.717, 1.165) is 21.5 Å². The van der Waals surface area contributed by atoms with E-state index >= 15 is 0 Å². The third-order valence-corrected chi connectivity index (χ3v) is 6.09. The Hall–Kier alpha value is -1.58. The van der Waals surface area contributed by atoms with E-state index in [4.69, 9.17) is 33.5 Å². The van der Waals surface area contributed by atoms with E-state index in [1.165, 1.54) is 0 Å². The van der Waals surface area contributed by atoms with Gasteiger partial charge in [0.15, 0.2) is 0 Å². The van der Waals surface area contributed by atoms with E-state index < -0.39 is 14.1 Å². The molecule has 7 heteroatoms. The number of hydrogen-bond acceptors (Lipinski definition) is 2. The SMILES string of the molecule is CCOP(c1cccc(Cl)c1)c1c(C(N)=O)[nH]c2ccc(Cl)cc12. The number of nitrogens with two attached hydrogens (primary N) is 1. The molecule has 0 saturated heterocycles. The van der Waals surface area contributed by atoms with Crippen LogP contribution in [0.2, 0.25) is 10.0 Å². The minimum Gasteiger partial charge on any atom is -0.364 e. The number of fused-ring (bicyclic) bond motifs is 1.